The minimum Gasteiger partial charge on any atom is -0.490 e. The van der Waals surface area contributed by atoms with Crippen molar-refractivity contribution in [3.8, 4) is 5.75 Å². The normalized spacial score (nSPS) is 32.0. The van der Waals surface area contributed by atoms with E-state index in [9.17, 15) is 13.2 Å². The Morgan fingerprint density at radius 1 is 1.15 bits per heavy atom. The lowest BCUT2D eigenvalue weighted by atomic mass is 9.65. The van der Waals surface area contributed by atoms with Crippen molar-refractivity contribution in [1.82, 2.24) is 4.72 Å². The Morgan fingerprint density at radius 2 is 2.00 bits per heavy atom. The summed E-state index contributed by atoms with van der Waals surface area (Å²) < 4.78 is 35.7. The molecule has 2 heterocycles. The van der Waals surface area contributed by atoms with Gasteiger partial charge in [0.15, 0.2) is 0 Å². The van der Waals surface area contributed by atoms with Crippen molar-refractivity contribution in [3.63, 3.8) is 0 Å². The first-order valence-corrected chi connectivity index (χ1v) is 17.1. The Morgan fingerprint density at radius 3 is 2.78 bits per heavy atom. The zero-order valence-corrected chi connectivity index (χ0v) is 25.6. The lowest BCUT2D eigenvalue weighted by molar-refractivity contribution is -0.122. The average Bonchev–Trinajstić information content (AvgIpc) is 3.08. The average molecular weight is 597 g/mol. The molecule has 0 aromatic heterocycles. The number of ether oxygens (including phenoxy) is 1. The fourth-order valence-corrected chi connectivity index (χ4v) is 8.84. The van der Waals surface area contributed by atoms with Gasteiger partial charge in [-0.3, -0.25) is 4.79 Å². The molecule has 6 nitrogen and oxygen atoms in total. The number of halogens is 1. The number of amides is 1. The molecular formula is C33H41ClN2O4S. The highest BCUT2D eigenvalue weighted by molar-refractivity contribution is 7.90. The van der Waals surface area contributed by atoms with Crippen LogP contribution in [0.1, 0.15) is 69.9 Å². The smallest absolute Gasteiger partial charge is 0.264 e. The van der Waals surface area contributed by atoms with E-state index in [4.69, 9.17) is 16.3 Å². The topological polar surface area (TPSA) is 75.7 Å². The zero-order chi connectivity index (χ0) is 28.8. The number of aryl methyl sites for hydroxylation is 1. The summed E-state index contributed by atoms with van der Waals surface area (Å²) in [5, 5.41) is 0.755. The number of anilines is 1. The predicted octanol–water partition coefficient (Wildman–Crippen LogP) is 6.66. The summed E-state index contributed by atoms with van der Waals surface area (Å²) in [5.74, 6) is 1.46. The number of benzene rings is 2. The summed E-state index contributed by atoms with van der Waals surface area (Å²) in [6, 6.07) is 11.3. The van der Waals surface area contributed by atoms with E-state index in [0.717, 1.165) is 55.9 Å². The van der Waals surface area contributed by atoms with Crippen LogP contribution in [-0.2, 0) is 26.7 Å². The van der Waals surface area contributed by atoms with Crippen LogP contribution < -0.4 is 14.4 Å². The van der Waals surface area contributed by atoms with Gasteiger partial charge in [-0.15, -0.1) is 0 Å². The molecule has 4 aliphatic rings. The summed E-state index contributed by atoms with van der Waals surface area (Å²) >= 11 is 6.40. The third-order valence-corrected chi connectivity index (χ3v) is 11.7. The standard InChI is InChI=1S/C33H41ClN2O4S/c1-3-23-8-5-4-7-22(2)32(37)35-41(38,39)27-12-15-31-30(18-27)36(19-25-10-13-28(23)25)20-33(21-40-31)16-6-9-24-17-26(34)11-14-29(24)33/h5,8,11-12,14-15,17-18,22-23,25,28H,3-4,6-7,9-10,13,16,19-21H2,1-2H3,(H,35,37)/b8-5+/t22-,23-,25+,28+,33+/m1/s1. The van der Waals surface area contributed by atoms with Crippen molar-refractivity contribution in [3.05, 3.63) is 64.7 Å². The van der Waals surface area contributed by atoms with Crippen molar-refractivity contribution >= 4 is 33.2 Å². The summed E-state index contributed by atoms with van der Waals surface area (Å²) in [5.41, 5.74) is 3.16. The molecule has 1 fully saturated rings. The Bertz CT molecular complexity index is 1460. The van der Waals surface area contributed by atoms with Crippen LogP contribution in [0.4, 0.5) is 5.69 Å². The molecule has 0 saturated heterocycles. The Labute approximate surface area is 249 Å². The van der Waals surface area contributed by atoms with Gasteiger partial charge in [0, 0.05) is 29.4 Å². The number of nitrogens with zero attached hydrogens (tertiary/aromatic N) is 1. The maximum Gasteiger partial charge on any atom is 0.264 e. The molecule has 5 atom stereocenters. The second kappa shape index (κ2) is 11.3. The highest BCUT2D eigenvalue weighted by Gasteiger charge is 2.44. The van der Waals surface area contributed by atoms with Crippen LogP contribution in [0, 0.1) is 23.7 Å². The van der Waals surface area contributed by atoms with Gasteiger partial charge in [0.25, 0.3) is 10.0 Å². The number of fused-ring (bicyclic) bond motifs is 4. The number of nitrogens with one attached hydrogen (secondary N) is 1. The second-order valence-electron chi connectivity index (χ2n) is 12.7. The molecule has 0 unspecified atom stereocenters. The molecule has 2 aliphatic heterocycles. The van der Waals surface area contributed by atoms with Crippen LogP contribution in [0.15, 0.2) is 53.4 Å². The molecule has 1 saturated carbocycles. The molecule has 0 radical (unpaired) electrons. The van der Waals surface area contributed by atoms with Gasteiger partial charge in [-0.25, -0.2) is 13.1 Å². The van der Waals surface area contributed by atoms with E-state index < -0.39 is 21.8 Å². The fourth-order valence-electron chi connectivity index (χ4n) is 7.55. The molecule has 2 aliphatic carbocycles. The van der Waals surface area contributed by atoms with Crippen molar-refractivity contribution in [1.29, 1.82) is 0 Å². The number of sulfonamides is 1. The van der Waals surface area contributed by atoms with E-state index in [1.165, 1.54) is 24.0 Å². The first kappa shape index (κ1) is 28.6. The van der Waals surface area contributed by atoms with Gasteiger partial charge < -0.3 is 9.64 Å². The van der Waals surface area contributed by atoms with E-state index >= 15 is 0 Å². The molecular weight excluding hydrogens is 556 g/mol. The molecule has 1 N–H and O–H groups in total. The predicted molar refractivity (Wildman–Crippen MR) is 163 cm³/mol. The van der Waals surface area contributed by atoms with Crippen LogP contribution >= 0.6 is 11.6 Å². The van der Waals surface area contributed by atoms with Gasteiger partial charge in [0.1, 0.15) is 5.75 Å². The highest BCUT2D eigenvalue weighted by Crippen LogP contribution is 2.48. The lowest BCUT2D eigenvalue weighted by Crippen LogP contribution is -2.49. The van der Waals surface area contributed by atoms with Crippen LogP contribution in [-0.4, -0.2) is 34.0 Å². The van der Waals surface area contributed by atoms with Crippen molar-refractivity contribution < 1.29 is 17.9 Å². The number of allylic oxidation sites excluding steroid dienone is 2. The molecule has 2 bridgehead atoms. The number of hydrogen-bond donors (Lipinski definition) is 1. The van der Waals surface area contributed by atoms with Gasteiger partial charge in [0.05, 0.1) is 17.2 Å². The molecule has 1 amide bonds. The van der Waals surface area contributed by atoms with E-state index in [1.807, 2.05) is 6.07 Å². The third-order valence-electron chi connectivity index (χ3n) is 10.1. The van der Waals surface area contributed by atoms with Crippen LogP contribution in [0.3, 0.4) is 0 Å². The van der Waals surface area contributed by atoms with Crippen molar-refractivity contribution in [2.45, 2.75) is 75.5 Å². The minimum atomic E-state index is -4.03. The minimum absolute atomic E-state index is 0.0979. The maximum absolute atomic E-state index is 13.4. The van der Waals surface area contributed by atoms with E-state index in [2.05, 4.69) is 40.8 Å². The van der Waals surface area contributed by atoms with Gasteiger partial charge in [-0.05, 0) is 111 Å². The van der Waals surface area contributed by atoms with Crippen LogP contribution in [0.5, 0.6) is 5.75 Å². The largest absolute Gasteiger partial charge is 0.490 e. The molecule has 2 aromatic rings. The Kier molecular flexibility index (Phi) is 7.88. The van der Waals surface area contributed by atoms with Gasteiger partial charge >= 0.3 is 0 Å². The van der Waals surface area contributed by atoms with Gasteiger partial charge in [0.2, 0.25) is 5.91 Å². The number of hydrogen-bond acceptors (Lipinski definition) is 5. The molecule has 6 rings (SSSR count). The van der Waals surface area contributed by atoms with E-state index in [0.29, 0.717) is 36.5 Å². The van der Waals surface area contributed by atoms with Crippen LogP contribution in [0.2, 0.25) is 5.02 Å². The second-order valence-corrected chi connectivity index (χ2v) is 14.8. The first-order chi connectivity index (χ1) is 19.7. The van der Waals surface area contributed by atoms with Crippen LogP contribution in [0.25, 0.3) is 0 Å². The molecule has 8 heteroatoms. The molecule has 41 heavy (non-hydrogen) atoms. The van der Waals surface area contributed by atoms with E-state index in [1.54, 1.807) is 25.1 Å². The molecule has 1 spiro atoms. The number of carbonyl (C=O) groups is 1. The fraction of sp³-hybridized carbons (Fsp3) is 0.545. The maximum atomic E-state index is 13.4. The SMILES string of the molecule is CC[C@@H]1/C=C/CC[C@@H](C)C(=O)NS(=O)(=O)c2ccc3c(c2)N(C[C@@H]2CC[C@H]21)C[C@@]1(CCCc2cc(Cl)ccc21)CO3. The summed E-state index contributed by atoms with van der Waals surface area (Å²) in [6.07, 6.45) is 12.5. The monoisotopic (exact) mass is 596 g/mol. The van der Waals surface area contributed by atoms with Gasteiger partial charge in [-0.1, -0.05) is 43.7 Å². The summed E-state index contributed by atoms with van der Waals surface area (Å²) in [4.78, 5) is 15.4. The lowest BCUT2D eigenvalue weighted by Gasteiger charge is -2.46. The molecule has 220 valence electrons. The van der Waals surface area contributed by atoms with Crippen molar-refractivity contribution in [2.24, 2.45) is 23.7 Å². The Hall–Kier alpha value is -2.51. The quantitative estimate of drug-likeness (QED) is 0.373. The first-order valence-electron chi connectivity index (χ1n) is 15.2. The number of rotatable bonds is 1. The zero-order valence-electron chi connectivity index (χ0n) is 24.1. The third kappa shape index (κ3) is 5.52. The molecule has 2 aromatic carbocycles. The summed E-state index contributed by atoms with van der Waals surface area (Å²) in [7, 11) is -4.03. The van der Waals surface area contributed by atoms with E-state index in [-0.39, 0.29) is 10.3 Å². The highest BCUT2D eigenvalue weighted by atomic mass is 35.5. The summed E-state index contributed by atoms with van der Waals surface area (Å²) in [6.45, 7) is 6.19. The number of carbonyl (C=O) groups excluding carboxylic acids is 1. The Balaban J connectivity index is 1.44. The van der Waals surface area contributed by atoms with Gasteiger partial charge in [-0.2, -0.15) is 0 Å². The van der Waals surface area contributed by atoms with Crippen molar-refractivity contribution in [2.75, 3.05) is 24.6 Å².